The van der Waals surface area contributed by atoms with Gasteiger partial charge in [0.25, 0.3) is 5.91 Å². The zero-order valence-corrected chi connectivity index (χ0v) is 11.8. The Bertz CT molecular complexity index is 588. The van der Waals surface area contributed by atoms with Crippen LogP contribution in [0, 0.1) is 0 Å². The zero-order chi connectivity index (χ0) is 13.9. The molecular formula is C13H16N4O2S. The van der Waals surface area contributed by atoms with Crippen molar-refractivity contribution in [2.24, 2.45) is 0 Å². The minimum absolute atomic E-state index is 0.188. The Morgan fingerprint density at radius 1 is 1.50 bits per heavy atom. The Balaban J connectivity index is 1.67. The number of amides is 1. The number of nitrogen functional groups attached to an aromatic ring is 1. The molecule has 106 valence electrons. The molecule has 20 heavy (non-hydrogen) atoms. The fourth-order valence-electron chi connectivity index (χ4n) is 2.18. The normalized spacial score (nSPS) is 14.7. The maximum Gasteiger partial charge on any atom is 0.265 e. The minimum atomic E-state index is -0.188. The monoisotopic (exact) mass is 292 g/mol. The highest BCUT2D eigenvalue weighted by atomic mass is 32.1. The van der Waals surface area contributed by atoms with Gasteiger partial charge < -0.3 is 20.4 Å². The second-order valence-electron chi connectivity index (χ2n) is 4.72. The van der Waals surface area contributed by atoms with Crippen LogP contribution in [0.5, 0.6) is 0 Å². The predicted molar refractivity (Wildman–Crippen MR) is 77.9 cm³/mol. The molecule has 2 aromatic rings. The van der Waals surface area contributed by atoms with E-state index in [1.165, 1.54) is 24.2 Å². The third kappa shape index (κ3) is 2.62. The van der Waals surface area contributed by atoms with Crippen molar-refractivity contribution >= 4 is 28.2 Å². The number of carbonyl (C=O) groups excluding carboxylic acids is 1. The fraction of sp³-hybridized carbons (Fsp3) is 0.385. The number of furan rings is 1. The molecule has 2 aromatic heterocycles. The van der Waals surface area contributed by atoms with Crippen LogP contribution in [0.4, 0.5) is 10.9 Å². The Kier molecular flexibility index (Phi) is 3.60. The molecule has 1 aliphatic heterocycles. The highest BCUT2D eigenvalue weighted by Gasteiger charge is 2.21. The smallest absolute Gasteiger partial charge is 0.265 e. The number of thiazole rings is 1. The molecule has 6 nitrogen and oxygen atoms in total. The summed E-state index contributed by atoms with van der Waals surface area (Å²) < 4.78 is 4.96. The van der Waals surface area contributed by atoms with E-state index in [1.54, 1.807) is 12.5 Å². The van der Waals surface area contributed by atoms with Crippen LogP contribution in [0.15, 0.2) is 23.0 Å². The number of carbonyl (C=O) groups is 1. The van der Waals surface area contributed by atoms with Crippen LogP contribution in [0.1, 0.15) is 28.1 Å². The molecule has 3 heterocycles. The summed E-state index contributed by atoms with van der Waals surface area (Å²) in [5, 5.41) is 3.66. The molecule has 0 aliphatic carbocycles. The number of hydrogen-bond donors (Lipinski definition) is 2. The summed E-state index contributed by atoms with van der Waals surface area (Å²) in [6.45, 7) is 2.40. The molecule has 0 aromatic carbocycles. The molecule has 0 atom stereocenters. The van der Waals surface area contributed by atoms with Gasteiger partial charge in [-0.1, -0.05) is 11.3 Å². The van der Waals surface area contributed by atoms with E-state index in [4.69, 9.17) is 10.2 Å². The number of hydrogen-bond acceptors (Lipinski definition) is 6. The predicted octanol–water partition coefficient (Wildman–Crippen LogP) is 1.85. The summed E-state index contributed by atoms with van der Waals surface area (Å²) in [5.41, 5.74) is 6.77. The van der Waals surface area contributed by atoms with Gasteiger partial charge in [-0.25, -0.2) is 4.98 Å². The Morgan fingerprint density at radius 2 is 2.30 bits per heavy atom. The maximum absolute atomic E-state index is 12.1. The van der Waals surface area contributed by atoms with Gasteiger partial charge in [-0.05, 0) is 18.9 Å². The summed E-state index contributed by atoms with van der Waals surface area (Å²) in [7, 11) is 0. The van der Waals surface area contributed by atoms with Gasteiger partial charge in [0.15, 0.2) is 5.13 Å². The van der Waals surface area contributed by atoms with E-state index in [0.717, 1.165) is 23.8 Å². The SMILES string of the molecule is Nc1nc(N2CCCC2)sc1C(=O)NCc1ccoc1. The quantitative estimate of drug-likeness (QED) is 0.898. The van der Waals surface area contributed by atoms with Crippen molar-refractivity contribution in [1.82, 2.24) is 10.3 Å². The first-order chi connectivity index (χ1) is 9.74. The molecule has 3 rings (SSSR count). The Labute approximate surface area is 120 Å². The molecule has 0 saturated carbocycles. The topological polar surface area (TPSA) is 84.4 Å². The van der Waals surface area contributed by atoms with Gasteiger partial charge in [0.2, 0.25) is 0 Å². The van der Waals surface area contributed by atoms with Gasteiger partial charge in [-0.3, -0.25) is 4.79 Å². The molecule has 1 fully saturated rings. The molecule has 1 aliphatic rings. The third-order valence-electron chi connectivity index (χ3n) is 3.26. The van der Waals surface area contributed by atoms with Crippen molar-refractivity contribution in [3.8, 4) is 0 Å². The number of aromatic nitrogens is 1. The largest absolute Gasteiger partial charge is 0.472 e. The molecular weight excluding hydrogens is 276 g/mol. The summed E-state index contributed by atoms with van der Waals surface area (Å²) >= 11 is 1.36. The van der Waals surface area contributed by atoms with Gasteiger partial charge in [0.1, 0.15) is 10.7 Å². The van der Waals surface area contributed by atoms with Crippen molar-refractivity contribution < 1.29 is 9.21 Å². The van der Waals surface area contributed by atoms with Crippen LogP contribution in [-0.4, -0.2) is 24.0 Å². The average Bonchev–Trinajstić information content (AvgIpc) is 3.17. The number of nitrogens with two attached hydrogens (primary N) is 1. The summed E-state index contributed by atoms with van der Waals surface area (Å²) in [6.07, 6.45) is 5.52. The number of anilines is 2. The van der Waals surface area contributed by atoms with Gasteiger partial charge in [-0.15, -0.1) is 0 Å². The molecule has 1 amide bonds. The van der Waals surface area contributed by atoms with Crippen LogP contribution in [0.3, 0.4) is 0 Å². The van der Waals surface area contributed by atoms with Crippen LogP contribution in [0.2, 0.25) is 0 Å². The minimum Gasteiger partial charge on any atom is -0.472 e. The number of nitrogens with zero attached hydrogens (tertiary/aromatic N) is 2. The van der Waals surface area contributed by atoms with Gasteiger partial charge >= 0.3 is 0 Å². The lowest BCUT2D eigenvalue weighted by atomic mass is 10.3. The van der Waals surface area contributed by atoms with Crippen molar-refractivity contribution in [1.29, 1.82) is 0 Å². The van der Waals surface area contributed by atoms with E-state index < -0.39 is 0 Å². The van der Waals surface area contributed by atoms with E-state index >= 15 is 0 Å². The molecule has 3 N–H and O–H groups in total. The van der Waals surface area contributed by atoms with Crippen LogP contribution >= 0.6 is 11.3 Å². The second kappa shape index (κ2) is 5.54. The summed E-state index contributed by atoms with van der Waals surface area (Å²) in [5.74, 6) is 0.119. The number of rotatable bonds is 4. The third-order valence-corrected chi connectivity index (χ3v) is 4.39. The molecule has 0 bridgehead atoms. The van der Waals surface area contributed by atoms with Crippen molar-refractivity contribution in [3.63, 3.8) is 0 Å². The van der Waals surface area contributed by atoms with Gasteiger partial charge in [0, 0.05) is 25.2 Å². The van der Waals surface area contributed by atoms with Crippen LogP contribution in [-0.2, 0) is 6.54 Å². The summed E-state index contributed by atoms with van der Waals surface area (Å²) in [6, 6.07) is 1.81. The van der Waals surface area contributed by atoms with Crippen molar-refractivity contribution in [2.75, 3.05) is 23.7 Å². The lowest BCUT2D eigenvalue weighted by Gasteiger charge is -2.11. The van der Waals surface area contributed by atoms with Gasteiger partial charge in [0.05, 0.1) is 12.5 Å². The van der Waals surface area contributed by atoms with Crippen LogP contribution in [0.25, 0.3) is 0 Å². The molecule has 1 saturated heterocycles. The molecule has 0 spiro atoms. The molecule has 0 radical (unpaired) electrons. The van der Waals surface area contributed by atoms with E-state index in [1.807, 2.05) is 6.07 Å². The highest BCUT2D eigenvalue weighted by Crippen LogP contribution is 2.30. The van der Waals surface area contributed by atoms with Crippen molar-refractivity contribution in [3.05, 3.63) is 29.0 Å². The van der Waals surface area contributed by atoms with E-state index in [2.05, 4.69) is 15.2 Å². The number of nitrogens with one attached hydrogen (secondary N) is 1. The zero-order valence-electron chi connectivity index (χ0n) is 11.0. The summed E-state index contributed by atoms with van der Waals surface area (Å²) in [4.78, 5) is 19.1. The van der Waals surface area contributed by atoms with Crippen molar-refractivity contribution in [2.45, 2.75) is 19.4 Å². The Hall–Kier alpha value is -2.02. The van der Waals surface area contributed by atoms with E-state index in [0.29, 0.717) is 17.2 Å². The first-order valence-corrected chi connectivity index (χ1v) is 7.36. The average molecular weight is 292 g/mol. The lowest BCUT2D eigenvalue weighted by molar-refractivity contribution is 0.0955. The molecule has 0 unspecified atom stereocenters. The highest BCUT2D eigenvalue weighted by molar-refractivity contribution is 7.18. The first-order valence-electron chi connectivity index (χ1n) is 6.54. The standard InChI is InChI=1S/C13H16N4O2S/c14-11-10(12(18)15-7-9-3-6-19-8-9)20-13(16-11)17-4-1-2-5-17/h3,6,8H,1-2,4-5,7,14H2,(H,15,18). The lowest BCUT2D eigenvalue weighted by Crippen LogP contribution is -2.22. The maximum atomic E-state index is 12.1. The van der Waals surface area contributed by atoms with E-state index in [-0.39, 0.29) is 5.91 Å². The Morgan fingerprint density at radius 3 is 3.00 bits per heavy atom. The van der Waals surface area contributed by atoms with Crippen LogP contribution < -0.4 is 16.0 Å². The second-order valence-corrected chi connectivity index (χ2v) is 5.70. The first kappa shape index (κ1) is 13.0. The molecule has 7 heteroatoms. The fourth-order valence-corrected chi connectivity index (χ4v) is 3.14. The van der Waals surface area contributed by atoms with E-state index in [9.17, 15) is 4.79 Å². The van der Waals surface area contributed by atoms with Gasteiger partial charge in [-0.2, -0.15) is 0 Å².